The normalized spacial score (nSPS) is 36.1. The van der Waals surface area contributed by atoms with E-state index in [-0.39, 0.29) is 17.8 Å². The van der Waals surface area contributed by atoms with Crippen molar-refractivity contribution in [3.63, 3.8) is 0 Å². The van der Waals surface area contributed by atoms with Crippen LogP contribution in [0.1, 0.15) is 24.1 Å². The van der Waals surface area contributed by atoms with E-state index in [2.05, 4.69) is 15.0 Å². The smallest absolute Gasteiger partial charge is 0.308 e. The molecule has 4 unspecified atom stereocenters. The van der Waals surface area contributed by atoms with E-state index < -0.39 is 5.97 Å². The molecule has 0 radical (unpaired) electrons. The van der Waals surface area contributed by atoms with Gasteiger partial charge in [-0.3, -0.25) is 4.79 Å². The van der Waals surface area contributed by atoms with Gasteiger partial charge in [-0.05, 0) is 25.8 Å². The van der Waals surface area contributed by atoms with Gasteiger partial charge in [-0.25, -0.2) is 0 Å². The molecular formula is C11H15N3O3. The number of hydrogen-bond donors (Lipinski definition) is 1. The summed E-state index contributed by atoms with van der Waals surface area (Å²) < 4.78 is 5.20. The topological polar surface area (TPSA) is 79.5 Å². The Hall–Kier alpha value is -1.43. The average molecular weight is 237 g/mol. The standard InChI is InChI=1S/C11H15N3O3/c1-6-12-10(17-13-6)8-4-14-3-2-7(8)9(5-14)11(15)16/h7-9H,2-5H2,1H3,(H,15,16). The number of carboxylic acids is 1. The van der Waals surface area contributed by atoms with Crippen molar-refractivity contribution < 1.29 is 14.4 Å². The maximum atomic E-state index is 11.2. The van der Waals surface area contributed by atoms with Crippen LogP contribution in [0.5, 0.6) is 0 Å². The summed E-state index contributed by atoms with van der Waals surface area (Å²) >= 11 is 0. The summed E-state index contributed by atoms with van der Waals surface area (Å²) in [6, 6.07) is 0. The monoisotopic (exact) mass is 237 g/mol. The first kappa shape index (κ1) is 10.7. The SMILES string of the molecule is Cc1noc(C2CN3CCC2C(C(=O)O)C3)n1. The number of aromatic nitrogens is 2. The summed E-state index contributed by atoms with van der Waals surface area (Å²) in [6.07, 6.45) is 0.906. The van der Waals surface area contributed by atoms with Crippen LogP contribution in [0.3, 0.4) is 0 Å². The highest BCUT2D eigenvalue weighted by Crippen LogP contribution is 2.41. The van der Waals surface area contributed by atoms with Gasteiger partial charge in [0.25, 0.3) is 0 Å². The van der Waals surface area contributed by atoms with Crippen LogP contribution in [0, 0.1) is 18.8 Å². The number of aliphatic carboxylic acids is 1. The van der Waals surface area contributed by atoms with E-state index in [1.165, 1.54) is 0 Å². The first-order valence-corrected chi connectivity index (χ1v) is 5.90. The molecular weight excluding hydrogens is 222 g/mol. The summed E-state index contributed by atoms with van der Waals surface area (Å²) in [5, 5.41) is 13.0. The van der Waals surface area contributed by atoms with Crippen molar-refractivity contribution in [1.82, 2.24) is 15.0 Å². The predicted molar refractivity (Wildman–Crippen MR) is 57.4 cm³/mol. The number of fused-ring (bicyclic) bond motifs is 3. The third-order valence-electron chi connectivity index (χ3n) is 3.90. The lowest BCUT2D eigenvalue weighted by Gasteiger charge is -2.46. The predicted octanol–water partition coefficient (Wildman–Crippen LogP) is 0.498. The molecule has 0 saturated carbocycles. The molecule has 2 bridgehead atoms. The summed E-state index contributed by atoms with van der Waals surface area (Å²) in [5.74, 6) is 0.430. The molecule has 1 aromatic heterocycles. The van der Waals surface area contributed by atoms with Gasteiger partial charge in [0.2, 0.25) is 5.89 Å². The van der Waals surface area contributed by atoms with Crippen molar-refractivity contribution in [2.75, 3.05) is 19.6 Å². The molecule has 92 valence electrons. The van der Waals surface area contributed by atoms with E-state index in [0.29, 0.717) is 18.3 Å². The summed E-state index contributed by atoms with van der Waals surface area (Å²) in [6.45, 7) is 4.26. The van der Waals surface area contributed by atoms with Crippen LogP contribution < -0.4 is 0 Å². The van der Waals surface area contributed by atoms with Gasteiger partial charge in [0.05, 0.1) is 11.8 Å². The third-order valence-corrected chi connectivity index (χ3v) is 3.90. The minimum Gasteiger partial charge on any atom is -0.481 e. The van der Waals surface area contributed by atoms with Crippen LogP contribution in [-0.2, 0) is 4.79 Å². The summed E-state index contributed by atoms with van der Waals surface area (Å²) in [7, 11) is 0. The average Bonchev–Trinajstić information content (AvgIpc) is 2.76. The number of carboxylic acid groups (broad SMARTS) is 1. The Morgan fingerprint density at radius 2 is 2.35 bits per heavy atom. The van der Waals surface area contributed by atoms with Crippen molar-refractivity contribution in [2.45, 2.75) is 19.3 Å². The number of nitrogens with zero attached hydrogens (tertiary/aromatic N) is 3. The summed E-state index contributed by atoms with van der Waals surface area (Å²) in [4.78, 5) is 17.7. The Morgan fingerprint density at radius 1 is 1.53 bits per heavy atom. The fraction of sp³-hybridized carbons (Fsp3) is 0.727. The van der Waals surface area contributed by atoms with E-state index >= 15 is 0 Å². The van der Waals surface area contributed by atoms with Crippen LogP contribution in [0.25, 0.3) is 0 Å². The van der Waals surface area contributed by atoms with Gasteiger partial charge in [-0.2, -0.15) is 4.98 Å². The van der Waals surface area contributed by atoms with E-state index in [1.54, 1.807) is 6.92 Å². The lowest BCUT2D eigenvalue weighted by Crippen LogP contribution is -2.54. The Labute approximate surface area is 98.6 Å². The number of rotatable bonds is 2. The lowest BCUT2D eigenvalue weighted by atomic mass is 9.72. The second-order valence-electron chi connectivity index (χ2n) is 4.94. The van der Waals surface area contributed by atoms with Crippen molar-refractivity contribution in [1.29, 1.82) is 0 Å². The molecule has 4 atom stereocenters. The maximum absolute atomic E-state index is 11.2. The van der Waals surface area contributed by atoms with Gasteiger partial charge in [0.15, 0.2) is 5.82 Å². The van der Waals surface area contributed by atoms with Gasteiger partial charge < -0.3 is 14.5 Å². The highest BCUT2D eigenvalue weighted by molar-refractivity contribution is 5.71. The molecule has 0 spiro atoms. The van der Waals surface area contributed by atoms with Crippen molar-refractivity contribution in [3.05, 3.63) is 11.7 Å². The molecule has 0 amide bonds. The molecule has 6 heteroatoms. The van der Waals surface area contributed by atoms with Crippen LogP contribution >= 0.6 is 0 Å². The molecule has 3 fully saturated rings. The van der Waals surface area contributed by atoms with Crippen LogP contribution in [0.4, 0.5) is 0 Å². The highest BCUT2D eigenvalue weighted by atomic mass is 16.5. The van der Waals surface area contributed by atoms with E-state index in [1.807, 2.05) is 0 Å². The quantitative estimate of drug-likeness (QED) is 0.806. The number of aryl methyl sites for hydroxylation is 1. The van der Waals surface area contributed by atoms with E-state index in [0.717, 1.165) is 19.5 Å². The molecule has 0 aliphatic carbocycles. The first-order valence-electron chi connectivity index (χ1n) is 5.90. The van der Waals surface area contributed by atoms with Gasteiger partial charge in [-0.15, -0.1) is 0 Å². The largest absolute Gasteiger partial charge is 0.481 e. The fourth-order valence-corrected chi connectivity index (χ4v) is 3.08. The molecule has 3 aliphatic rings. The molecule has 3 aliphatic heterocycles. The van der Waals surface area contributed by atoms with Crippen LogP contribution in [0.2, 0.25) is 0 Å². The van der Waals surface area contributed by atoms with Crippen LogP contribution in [-0.4, -0.2) is 45.8 Å². The first-order chi connectivity index (χ1) is 8.15. The van der Waals surface area contributed by atoms with Crippen molar-refractivity contribution in [2.24, 2.45) is 11.8 Å². The fourth-order valence-electron chi connectivity index (χ4n) is 3.08. The van der Waals surface area contributed by atoms with Gasteiger partial charge >= 0.3 is 5.97 Å². The van der Waals surface area contributed by atoms with Crippen molar-refractivity contribution in [3.8, 4) is 0 Å². The second kappa shape index (κ2) is 3.80. The molecule has 4 rings (SSSR count). The minimum atomic E-state index is -0.708. The molecule has 3 saturated heterocycles. The molecule has 17 heavy (non-hydrogen) atoms. The Morgan fingerprint density at radius 3 is 2.94 bits per heavy atom. The second-order valence-corrected chi connectivity index (χ2v) is 4.94. The Kier molecular flexibility index (Phi) is 2.39. The van der Waals surface area contributed by atoms with Gasteiger partial charge in [0.1, 0.15) is 0 Å². The summed E-state index contributed by atoms with van der Waals surface area (Å²) in [5.41, 5.74) is 0. The molecule has 0 aromatic carbocycles. The zero-order valence-electron chi connectivity index (χ0n) is 9.67. The molecule has 1 aromatic rings. The zero-order valence-corrected chi connectivity index (χ0v) is 9.67. The maximum Gasteiger partial charge on any atom is 0.308 e. The lowest BCUT2D eigenvalue weighted by molar-refractivity contribution is -0.149. The highest BCUT2D eigenvalue weighted by Gasteiger charge is 2.46. The molecule has 6 nitrogen and oxygen atoms in total. The number of hydrogen-bond acceptors (Lipinski definition) is 5. The van der Waals surface area contributed by atoms with Crippen molar-refractivity contribution >= 4 is 5.97 Å². The van der Waals surface area contributed by atoms with Gasteiger partial charge in [-0.1, -0.05) is 5.16 Å². The van der Waals surface area contributed by atoms with Gasteiger partial charge in [0, 0.05) is 13.1 Å². The zero-order chi connectivity index (χ0) is 12.0. The van der Waals surface area contributed by atoms with E-state index in [4.69, 9.17) is 4.52 Å². The van der Waals surface area contributed by atoms with E-state index in [9.17, 15) is 9.90 Å². The van der Waals surface area contributed by atoms with Crippen LogP contribution in [0.15, 0.2) is 4.52 Å². The Bertz CT molecular complexity index is 445. The third kappa shape index (κ3) is 1.72. The number of carbonyl (C=O) groups is 1. The minimum absolute atomic E-state index is 0.0831. The number of piperidine rings is 3. The Balaban J connectivity index is 1.89. The molecule has 4 heterocycles. The molecule has 1 N–H and O–H groups in total.